The van der Waals surface area contributed by atoms with Gasteiger partial charge in [0.15, 0.2) is 0 Å². The van der Waals surface area contributed by atoms with Gasteiger partial charge in [0.25, 0.3) is 0 Å². The predicted molar refractivity (Wildman–Crippen MR) is 91.6 cm³/mol. The highest BCUT2D eigenvalue weighted by atomic mass is 31.2. The Hall–Kier alpha value is -1.98. The summed E-state index contributed by atoms with van der Waals surface area (Å²) in [6.07, 6.45) is 0.316. The Kier molecular flexibility index (Phi) is 5.91. The van der Waals surface area contributed by atoms with Crippen LogP contribution in [-0.4, -0.2) is 26.9 Å². The average molecular weight is 349 g/mol. The zero-order valence-corrected chi connectivity index (χ0v) is 13.9. The zero-order chi connectivity index (χ0) is 17.7. The molecule has 2 aromatic carbocycles. The summed E-state index contributed by atoms with van der Waals surface area (Å²) in [6, 6.07) is 13.8. The molecule has 0 spiro atoms. The van der Waals surface area contributed by atoms with Crippen LogP contribution in [0.4, 0.5) is 0 Å². The van der Waals surface area contributed by atoms with Gasteiger partial charge in [-0.25, -0.2) is 0 Å². The van der Waals surface area contributed by atoms with Gasteiger partial charge >= 0.3 is 13.6 Å². The molecule has 1 unspecified atom stereocenters. The van der Waals surface area contributed by atoms with Crippen molar-refractivity contribution in [1.82, 2.24) is 0 Å². The smallest absolute Gasteiger partial charge is 0.329 e. The molecule has 2 aromatic rings. The van der Waals surface area contributed by atoms with E-state index in [0.717, 1.165) is 16.7 Å². The van der Waals surface area contributed by atoms with Crippen molar-refractivity contribution in [3.8, 4) is 11.1 Å². The molecule has 7 heteroatoms. The first kappa shape index (κ1) is 18.4. The molecule has 0 saturated heterocycles. The first-order chi connectivity index (χ1) is 11.2. The van der Waals surface area contributed by atoms with Crippen molar-refractivity contribution in [2.45, 2.75) is 25.0 Å². The van der Waals surface area contributed by atoms with Gasteiger partial charge in [-0.2, -0.15) is 0 Å². The summed E-state index contributed by atoms with van der Waals surface area (Å²) in [7, 11) is -4.19. The second-order valence-electron chi connectivity index (χ2n) is 5.71. The van der Waals surface area contributed by atoms with Gasteiger partial charge in [0, 0.05) is 0 Å². The Bertz CT molecular complexity index is 757. The van der Waals surface area contributed by atoms with E-state index in [1.165, 1.54) is 0 Å². The highest BCUT2D eigenvalue weighted by molar-refractivity contribution is 7.50. The summed E-state index contributed by atoms with van der Waals surface area (Å²) in [5.41, 5.74) is 8.61. The molecule has 0 amide bonds. The van der Waals surface area contributed by atoms with E-state index < -0.39 is 19.6 Å². The lowest BCUT2D eigenvalue weighted by molar-refractivity contribution is -0.138. The van der Waals surface area contributed by atoms with Crippen LogP contribution in [0, 0.1) is 0 Å². The van der Waals surface area contributed by atoms with E-state index in [1.54, 1.807) is 12.1 Å². The molecule has 6 nitrogen and oxygen atoms in total. The van der Waals surface area contributed by atoms with Crippen molar-refractivity contribution >= 4 is 13.6 Å². The summed E-state index contributed by atoms with van der Waals surface area (Å²) >= 11 is 0. The number of carboxylic acid groups (broad SMARTS) is 1. The van der Waals surface area contributed by atoms with Crippen molar-refractivity contribution in [3.63, 3.8) is 0 Å². The maximum Gasteiger partial charge on any atom is 0.329 e. The fraction of sp³-hybridized carbons (Fsp3) is 0.235. The molecule has 2 rings (SSSR count). The summed E-state index contributed by atoms with van der Waals surface area (Å²) < 4.78 is 11.3. The number of aryl methyl sites for hydroxylation is 1. The average Bonchev–Trinajstić information content (AvgIpc) is 2.51. The molecule has 0 saturated carbocycles. The van der Waals surface area contributed by atoms with Crippen LogP contribution in [0.5, 0.6) is 0 Å². The van der Waals surface area contributed by atoms with Crippen molar-refractivity contribution in [1.29, 1.82) is 0 Å². The van der Waals surface area contributed by atoms with Crippen molar-refractivity contribution in [2.75, 3.05) is 0 Å². The molecule has 0 aliphatic rings. The quantitative estimate of drug-likeness (QED) is 0.570. The normalized spacial score (nSPS) is 12.8. The third-order valence-corrected chi connectivity index (χ3v) is 4.39. The van der Waals surface area contributed by atoms with Crippen LogP contribution in [0.25, 0.3) is 11.1 Å². The van der Waals surface area contributed by atoms with Crippen LogP contribution in [0.2, 0.25) is 0 Å². The van der Waals surface area contributed by atoms with E-state index >= 15 is 0 Å². The Labute approximate surface area is 140 Å². The number of aliphatic carboxylic acids is 1. The Morgan fingerprint density at radius 2 is 1.67 bits per heavy atom. The zero-order valence-electron chi connectivity index (χ0n) is 13.0. The number of benzene rings is 2. The second kappa shape index (κ2) is 7.73. The van der Waals surface area contributed by atoms with Gasteiger partial charge in [-0.15, -0.1) is 0 Å². The number of hydrogen-bond donors (Lipinski definition) is 4. The van der Waals surface area contributed by atoms with Crippen LogP contribution in [0.15, 0.2) is 48.5 Å². The highest BCUT2D eigenvalue weighted by Gasteiger charge is 2.16. The molecule has 0 radical (unpaired) electrons. The lowest BCUT2D eigenvalue weighted by Gasteiger charge is -2.12. The fourth-order valence-corrected chi connectivity index (χ4v) is 3.14. The number of carboxylic acids is 1. The monoisotopic (exact) mass is 349 g/mol. The molecule has 0 aliphatic carbocycles. The van der Waals surface area contributed by atoms with Gasteiger partial charge in [0.1, 0.15) is 6.04 Å². The summed E-state index contributed by atoms with van der Waals surface area (Å²) in [5, 5.41) is 8.87. The summed E-state index contributed by atoms with van der Waals surface area (Å²) in [6.45, 7) is 0. The molecule has 1 atom stereocenters. The Morgan fingerprint density at radius 3 is 2.25 bits per heavy atom. The minimum absolute atomic E-state index is 0.253. The Morgan fingerprint density at radius 1 is 1.04 bits per heavy atom. The van der Waals surface area contributed by atoms with Crippen molar-refractivity contribution < 1.29 is 24.3 Å². The van der Waals surface area contributed by atoms with Crippen LogP contribution in [0.3, 0.4) is 0 Å². The van der Waals surface area contributed by atoms with Crippen LogP contribution in [-0.2, 0) is 21.9 Å². The van der Waals surface area contributed by atoms with E-state index in [1.807, 2.05) is 36.4 Å². The molecule has 24 heavy (non-hydrogen) atoms. The van der Waals surface area contributed by atoms with E-state index in [2.05, 4.69) is 0 Å². The van der Waals surface area contributed by atoms with E-state index in [4.69, 9.17) is 10.8 Å². The minimum Gasteiger partial charge on any atom is -0.480 e. The molecule has 0 heterocycles. The molecule has 5 N–H and O–H groups in total. The molecular weight excluding hydrogens is 329 g/mol. The molecule has 0 bridgehead atoms. The minimum atomic E-state index is -4.19. The SMILES string of the molecule is NC(CCc1cc(CP(=O)(O)O)cc(-c2ccccc2)c1)C(=O)O. The first-order valence-electron chi connectivity index (χ1n) is 7.46. The standard InChI is InChI=1S/C17H20NO5P/c18-16(17(19)20)7-6-12-8-13(11-24(21,22)23)10-15(9-12)14-4-2-1-3-5-14/h1-5,8-10,16H,6-7,11,18H2,(H,19,20)(H2,21,22,23). The molecule has 128 valence electrons. The summed E-state index contributed by atoms with van der Waals surface area (Å²) in [4.78, 5) is 29.3. The largest absolute Gasteiger partial charge is 0.480 e. The van der Waals surface area contributed by atoms with Gasteiger partial charge in [0.05, 0.1) is 6.16 Å². The predicted octanol–water partition coefficient (Wildman–Crippen LogP) is 2.38. The lowest BCUT2D eigenvalue weighted by Crippen LogP contribution is -2.30. The van der Waals surface area contributed by atoms with Gasteiger partial charge in [-0.1, -0.05) is 48.5 Å². The van der Waals surface area contributed by atoms with Gasteiger partial charge in [-0.3, -0.25) is 9.36 Å². The highest BCUT2D eigenvalue weighted by Crippen LogP contribution is 2.40. The third kappa shape index (κ3) is 5.58. The van der Waals surface area contributed by atoms with Gasteiger partial charge in [0.2, 0.25) is 0 Å². The molecule has 0 aromatic heterocycles. The summed E-state index contributed by atoms with van der Waals surface area (Å²) in [5.74, 6) is -1.07. The Balaban J connectivity index is 2.33. The number of hydrogen-bond acceptors (Lipinski definition) is 3. The lowest BCUT2D eigenvalue weighted by atomic mass is 9.97. The van der Waals surface area contributed by atoms with Crippen molar-refractivity contribution in [3.05, 3.63) is 59.7 Å². The number of nitrogens with two attached hydrogens (primary N) is 1. The van der Waals surface area contributed by atoms with E-state index in [0.29, 0.717) is 12.0 Å². The third-order valence-electron chi connectivity index (χ3n) is 3.61. The molecule has 0 fully saturated rings. The second-order valence-corrected chi connectivity index (χ2v) is 7.36. The van der Waals surface area contributed by atoms with E-state index in [-0.39, 0.29) is 12.6 Å². The van der Waals surface area contributed by atoms with Crippen LogP contribution in [0.1, 0.15) is 17.5 Å². The number of carbonyl (C=O) groups is 1. The number of rotatable bonds is 7. The van der Waals surface area contributed by atoms with E-state index in [9.17, 15) is 19.1 Å². The van der Waals surface area contributed by atoms with Gasteiger partial charge < -0.3 is 20.6 Å². The first-order valence-corrected chi connectivity index (χ1v) is 9.25. The van der Waals surface area contributed by atoms with Gasteiger partial charge in [-0.05, 0) is 35.1 Å². The van der Waals surface area contributed by atoms with Crippen LogP contribution >= 0.6 is 7.60 Å². The van der Waals surface area contributed by atoms with Crippen molar-refractivity contribution in [2.24, 2.45) is 5.73 Å². The molecular formula is C17H20NO5P. The maximum atomic E-state index is 11.3. The molecule has 0 aliphatic heterocycles. The maximum absolute atomic E-state index is 11.3. The van der Waals surface area contributed by atoms with Crippen LogP contribution < -0.4 is 5.73 Å². The fourth-order valence-electron chi connectivity index (χ4n) is 2.48. The topological polar surface area (TPSA) is 121 Å².